The summed E-state index contributed by atoms with van der Waals surface area (Å²) in [5.41, 5.74) is 0.494. The van der Waals surface area contributed by atoms with Gasteiger partial charge in [-0.1, -0.05) is 6.92 Å². The molecule has 114 valence electrons. The van der Waals surface area contributed by atoms with Crippen LogP contribution < -0.4 is 5.32 Å². The number of amides is 1. The lowest BCUT2D eigenvalue weighted by molar-refractivity contribution is 0.0506. The zero-order chi connectivity index (χ0) is 15.3. The second kappa shape index (κ2) is 7.02. The molecule has 1 aromatic rings. The first-order chi connectivity index (χ1) is 9.23. The lowest BCUT2D eigenvalue weighted by atomic mass is 10.2. The van der Waals surface area contributed by atoms with Gasteiger partial charge in [0.15, 0.2) is 0 Å². The third-order valence-electron chi connectivity index (χ3n) is 2.78. The summed E-state index contributed by atoms with van der Waals surface area (Å²) < 4.78 is 7.34. The van der Waals surface area contributed by atoms with Crippen LogP contribution in [0.1, 0.15) is 46.4 Å². The van der Waals surface area contributed by atoms with Gasteiger partial charge in [-0.2, -0.15) is 11.8 Å². The van der Waals surface area contributed by atoms with Crippen LogP contribution in [0.2, 0.25) is 0 Å². The van der Waals surface area contributed by atoms with Crippen LogP contribution in [0.15, 0.2) is 12.5 Å². The third kappa shape index (κ3) is 5.45. The molecule has 0 aliphatic carbocycles. The van der Waals surface area contributed by atoms with Gasteiger partial charge in [0, 0.05) is 11.8 Å². The van der Waals surface area contributed by atoms with Gasteiger partial charge in [0.2, 0.25) is 0 Å². The average Bonchev–Trinajstić information content (AvgIpc) is 2.74. The van der Waals surface area contributed by atoms with Crippen molar-refractivity contribution < 1.29 is 9.53 Å². The van der Waals surface area contributed by atoms with Crippen molar-refractivity contribution in [2.45, 2.75) is 58.1 Å². The lowest BCUT2D eigenvalue weighted by Crippen LogP contribution is -2.34. The Labute approximate surface area is 125 Å². The number of hydrogen-bond donors (Lipinski definition) is 1. The van der Waals surface area contributed by atoms with Crippen molar-refractivity contribution in [3.05, 3.63) is 18.2 Å². The van der Waals surface area contributed by atoms with E-state index in [1.165, 1.54) is 0 Å². The van der Waals surface area contributed by atoms with Crippen molar-refractivity contribution in [1.29, 1.82) is 0 Å². The average molecular weight is 299 g/mol. The van der Waals surface area contributed by atoms with Crippen molar-refractivity contribution >= 4 is 17.9 Å². The van der Waals surface area contributed by atoms with Crippen molar-refractivity contribution in [3.8, 4) is 0 Å². The van der Waals surface area contributed by atoms with Crippen molar-refractivity contribution in [2.24, 2.45) is 0 Å². The highest BCUT2D eigenvalue weighted by Gasteiger charge is 2.20. The van der Waals surface area contributed by atoms with Crippen LogP contribution in [0.5, 0.6) is 0 Å². The molecule has 1 rings (SSSR count). The maximum absolute atomic E-state index is 11.8. The molecule has 1 N–H and O–H groups in total. The number of carbonyl (C=O) groups is 1. The summed E-state index contributed by atoms with van der Waals surface area (Å²) in [6, 6.07) is -0.138. The quantitative estimate of drug-likeness (QED) is 0.907. The van der Waals surface area contributed by atoms with Gasteiger partial charge in [0.1, 0.15) is 5.60 Å². The fraction of sp³-hybridized carbons (Fsp3) is 0.714. The van der Waals surface area contributed by atoms with Gasteiger partial charge in [-0.05, 0) is 34.0 Å². The molecule has 0 saturated heterocycles. The molecule has 2 atom stereocenters. The molecule has 1 amide bonds. The molecule has 2 unspecified atom stereocenters. The molecule has 1 aromatic heterocycles. The van der Waals surface area contributed by atoms with E-state index in [-0.39, 0.29) is 6.04 Å². The van der Waals surface area contributed by atoms with Gasteiger partial charge in [0.25, 0.3) is 0 Å². The summed E-state index contributed by atoms with van der Waals surface area (Å²) in [6.45, 7) is 10.5. The number of carbonyl (C=O) groups excluding carboxylic acids is 1. The molecule has 1 heterocycles. The highest BCUT2D eigenvalue weighted by Crippen LogP contribution is 2.16. The van der Waals surface area contributed by atoms with Crippen LogP contribution in [0, 0.1) is 0 Å². The third-order valence-corrected chi connectivity index (χ3v) is 3.73. The summed E-state index contributed by atoms with van der Waals surface area (Å²) in [6.07, 6.45) is 5.27. The van der Waals surface area contributed by atoms with E-state index in [1.54, 1.807) is 24.3 Å². The Bertz CT molecular complexity index is 440. The van der Waals surface area contributed by atoms with Crippen LogP contribution >= 0.6 is 11.8 Å². The standard InChI is InChI=1S/C14H25N3O2S/c1-10(20-6)8-17-9-15-7-12(17)11(2)16-13(18)19-14(3,4)5/h7,9-11H,8H2,1-6H3,(H,16,18). The Morgan fingerprint density at radius 3 is 2.70 bits per heavy atom. The molecule has 0 saturated carbocycles. The Balaban J connectivity index is 2.66. The normalized spacial score (nSPS) is 14.7. The zero-order valence-corrected chi connectivity index (χ0v) is 14.0. The summed E-state index contributed by atoms with van der Waals surface area (Å²) in [4.78, 5) is 16.0. The molecule has 0 aromatic carbocycles. The maximum atomic E-state index is 11.8. The van der Waals surface area contributed by atoms with Gasteiger partial charge in [-0.15, -0.1) is 0 Å². The molecule has 20 heavy (non-hydrogen) atoms. The van der Waals surface area contributed by atoms with E-state index in [4.69, 9.17) is 4.74 Å². The number of nitrogens with one attached hydrogen (secondary N) is 1. The Morgan fingerprint density at radius 2 is 2.15 bits per heavy atom. The summed E-state index contributed by atoms with van der Waals surface area (Å²) >= 11 is 1.80. The van der Waals surface area contributed by atoms with Crippen molar-refractivity contribution in [1.82, 2.24) is 14.9 Å². The smallest absolute Gasteiger partial charge is 0.408 e. The fourth-order valence-corrected chi connectivity index (χ4v) is 2.06. The largest absolute Gasteiger partial charge is 0.444 e. The molecule has 0 spiro atoms. The zero-order valence-electron chi connectivity index (χ0n) is 13.1. The van der Waals surface area contributed by atoms with Gasteiger partial charge in [-0.3, -0.25) is 0 Å². The van der Waals surface area contributed by atoms with Gasteiger partial charge >= 0.3 is 6.09 Å². The number of alkyl carbamates (subject to hydrolysis) is 1. The Kier molecular flexibility index (Phi) is 5.92. The Morgan fingerprint density at radius 1 is 1.50 bits per heavy atom. The first kappa shape index (κ1) is 16.9. The molecular weight excluding hydrogens is 274 g/mol. The molecule has 0 aliphatic heterocycles. The SMILES string of the molecule is CSC(C)Cn1cncc1C(C)NC(=O)OC(C)(C)C. The van der Waals surface area contributed by atoms with Crippen LogP contribution in [-0.4, -0.2) is 32.8 Å². The number of ether oxygens (including phenoxy) is 1. The molecule has 0 aliphatic rings. The van der Waals surface area contributed by atoms with E-state index in [0.29, 0.717) is 5.25 Å². The molecule has 5 nitrogen and oxygen atoms in total. The highest BCUT2D eigenvalue weighted by molar-refractivity contribution is 7.99. The number of nitrogens with zero attached hydrogens (tertiary/aromatic N) is 2. The minimum absolute atomic E-state index is 0.138. The van der Waals surface area contributed by atoms with Crippen LogP contribution in [0.4, 0.5) is 4.79 Å². The van der Waals surface area contributed by atoms with Crippen LogP contribution in [0.3, 0.4) is 0 Å². The van der Waals surface area contributed by atoms with E-state index in [9.17, 15) is 4.79 Å². The number of aromatic nitrogens is 2. The van der Waals surface area contributed by atoms with Gasteiger partial charge in [0.05, 0.1) is 24.3 Å². The highest BCUT2D eigenvalue weighted by atomic mass is 32.2. The van der Waals surface area contributed by atoms with Gasteiger partial charge < -0.3 is 14.6 Å². The van der Waals surface area contributed by atoms with Crippen molar-refractivity contribution in [2.75, 3.05) is 6.26 Å². The number of imidazole rings is 1. The van der Waals surface area contributed by atoms with E-state index in [2.05, 4.69) is 28.0 Å². The molecule has 0 bridgehead atoms. The molecule has 0 fully saturated rings. The van der Waals surface area contributed by atoms with E-state index >= 15 is 0 Å². The summed E-state index contributed by atoms with van der Waals surface area (Å²) in [5.74, 6) is 0. The van der Waals surface area contributed by atoms with E-state index in [0.717, 1.165) is 12.2 Å². The van der Waals surface area contributed by atoms with Crippen molar-refractivity contribution in [3.63, 3.8) is 0 Å². The summed E-state index contributed by atoms with van der Waals surface area (Å²) in [5, 5.41) is 3.34. The lowest BCUT2D eigenvalue weighted by Gasteiger charge is -2.22. The second-order valence-electron chi connectivity index (χ2n) is 5.89. The molecule has 6 heteroatoms. The Hall–Kier alpha value is -1.17. The maximum Gasteiger partial charge on any atom is 0.408 e. The second-order valence-corrected chi connectivity index (χ2v) is 7.16. The van der Waals surface area contributed by atoms with Gasteiger partial charge in [-0.25, -0.2) is 9.78 Å². The van der Waals surface area contributed by atoms with Crippen LogP contribution in [0.25, 0.3) is 0 Å². The number of hydrogen-bond acceptors (Lipinski definition) is 4. The van der Waals surface area contributed by atoms with Crippen LogP contribution in [-0.2, 0) is 11.3 Å². The molecule has 0 radical (unpaired) electrons. The fourth-order valence-electron chi connectivity index (χ4n) is 1.75. The van der Waals surface area contributed by atoms with E-state index in [1.807, 2.05) is 27.7 Å². The first-order valence-electron chi connectivity index (χ1n) is 6.75. The predicted octanol–water partition coefficient (Wildman–Crippen LogP) is 3.22. The first-order valence-corrected chi connectivity index (χ1v) is 8.04. The number of rotatable bonds is 5. The monoisotopic (exact) mass is 299 g/mol. The van der Waals surface area contributed by atoms with E-state index < -0.39 is 11.7 Å². The number of thioether (sulfide) groups is 1. The minimum Gasteiger partial charge on any atom is -0.444 e. The topological polar surface area (TPSA) is 56.2 Å². The predicted molar refractivity (Wildman–Crippen MR) is 83.0 cm³/mol. The minimum atomic E-state index is -0.489. The molecular formula is C14H25N3O2S. The summed E-state index contributed by atoms with van der Waals surface area (Å²) in [7, 11) is 0.